The molecule has 0 saturated heterocycles. The largest absolute Gasteiger partial charge is 0.367 e. The minimum Gasteiger partial charge on any atom is -0.367 e. The highest BCUT2D eigenvalue weighted by atomic mass is 15.4. The molecule has 0 aliphatic carbocycles. The zero-order valence-electron chi connectivity index (χ0n) is 6.91. The van der Waals surface area contributed by atoms with Gasteiger partial charge >= 0.3 is 0 Å². The van der Waals surface area contributed by atoms with Crippen LogP contribution in [0.5, 0.6) is 0 Å². The predicted molar refractivity (Wildman–Crippen MR) is 44.5 cm³/mol. The Morgan fingerprint density at radius 3 is 2.69 bits per heavy atom. The van der Waals surface area contributed by atoms with E-state index in [0.29, 0.717) is 19.0 Å². The number of nitrogen functional groups attached to an aromatic ring is 1. The summed E-state index contributed by atoms with van der Waals surface area (Å²) < 4.78 is 3.38. The van der Waals surface area contributed by atoms with E-state index in [-0.39, 0.29) is 0 Å². The van der Waals surface area contributed by atoms with Gasteiger partial charge in [-0.2, -0.15) is 5.10 Å². The van der Waals surface area contributed by atoms with Crippen molar-refractivity contribution in [3.63, 3.8) is 0 Å². The SMILES string of the molecule is Nc1ncn(CCn2cncn2)n1. The van der Waals surface area contributed by atoms with E-state index in [1.807, 2.05) is 0 Å². The van der Waals surface area contributed by atoms with Gasteiger partial charge in [-0.15, -0.1) is 5.10 Å². The normalized spacial score (nSPS) is 10.5. The lowest BCUT2D eigenvalue weighted by Gasteiger charge is -1.99. The fourth-order valence-electron chi connectivity index (χ4n) is 0.970. The third kappa shape index (κ3) is 1.81. The van der Waals surface area contributed by atoms with Gasteiger partial charge in [0.25, 0.3) is 0 Å². The summed E-state index contributed by atoms with van der Waals surface area (Å²) >= 11 is 0. The van der Waals surface area contributed by atoms with Crippen LogP contribution in [0.4, 0.5) is 5.95 Å². The summed E-state index contributed by atoms with van der Waals surface area (Å²) in [5, 5.41) is 7.88. The van der Waals surface area contributed by atoms with Crippen molar-refractivity contribution >= 4 is 5.95 Å². The number of rotatable bonds is 3. The van der Waals surface area contributed by atoms with Crippen molar-refractivity contribution in [2.75, 3.05) is 5.73 Å². The highest BCUT2D eigenvalue weighted by molar-refractivity contribution is 5.08. The molecule has 7 heteroatoms. The number of aryl methyl sites for hydroxylation is 2. The van der Waals surface area contributed by atoms with Gasteiger partial charge in [0, 0.05) is 0 Å². The molecule has 2 heterocycles. The number of nitrogens with two attached hydrogens (primary N) is 1. The standard InChI is InChI=1S/C6H9N7/c7-6-9-5-13(11-6)2-1-12-4-8-3-10-12/h3-5H,1-2H2,(H2,7,11). The first-order valence-corrected chi connectivity index (χ1v) is 3.82. The Hall–Kier alpha value is -1.92. The van der Waals surface area contributed by atoms with Crippen molar-refractivity contribution in [1.82, 2.24) is 29.5 Å². The average molecular weight is 179 g/mol. The van der Waals surface area contributed by atoms with E-state index in [0.717, 1.165) is 0 Å². The number of nitrogens with zero attached hydrogens (tertiary/aromatic N) is 6. The Balaban J connectivity index is 1.93. The number of aromatic nitrogens is 6. The van der Waals surface area contributed by atoms with Crippen LogP contribution in [0, 0.1) is 0 Å². The minimum absolute atomic E-state index is 0.290. The van der Waals surface area contributed by atoms with Crippen LogP contribution in [0.3, 0.4) is 0 Å². The Kier molecular flexibility index (Phi) is 1.91. The zero-order chi connectivity index (χ0) is 9.10. The molecule has 13 heavy (non-hydrogen) atoms. The molecule has 0 radical (unpaired) electrons. The highest BCUT2D eigenvalue weighted by Gasteiger charge is 1.96. The molecule has 0 aliphatic rings. The van der Waals surface area contributed by atoms with Gasteiger partial charge in [0.1, 0.15) is 19.0 Å². The van der Waals surface area contributed by atoms with Crippen LogP contribution in [-0.2, 0) is 13.1 Å². The molecule has 2 N–H and O–H groups in total. The molecule has 0 aromatic carbocycles. The fraction of sp³-hybridized carbons (Fsp3) is 0.333. The zero-order valence-corrected chi connectivity index (χ0v) is 6.91. The number of anilines is 1. The first-order valence-electron chi connectivity index (χ1n) is 3.82. The fourth-order valence-corrected chi connectivity index (χ4v) is 0.970. The van der Waals surface area contributed by atoms with Gasteiger partial charge in [0.05, 0.1) is 13.1 Å². The molecule has 0 unspecified atom stereocenters. The van der Waals surface area contributed by atoms with Gasteiger partial charge in [-0.05, 0) is 0 Å². The Labute approximate surface area is 74.2 Å². The van der Waals surface area contributed by atoms with Crippen molar-refractivity contribution in [1.29, 1.82) is 0 Å². The van der Waals surface area contributed by atoms with Gasteiger partial charge in [-0.1, -0.05) is 0 Å². The summed E-state index contributed by atoms with van der Waals surface area (Å²) in [6.45, 7) is 1.40. The van der Waals surface area contributed by atoms with E-state index in [2.05, 4.69) is 20.2 Å². The van der Waals surface area contributed by atoms with Crippen molar-refractivity contribution in [2.24, 2.45) is 0 Å². The molecule has 2 rings (SSSR count). The molecule has 68 valence electrons. The maximum Gasteiger partial charge on any atom is 0.239 e. The lowest BCUT2D eigenvalue weighted by atomic mass is 10.6. The first kappa shape index (κ1) is 7.71. The summed E-state index contributed by atoms with van der Waals surface area (Å²) in [6, 6.07) is 0. The van der Waals surface area contributed by atoms with E-state index in [1.54, 1.807) is 22.0 Å². The average Bonchev–Trinajstić information content (AvgIpc) is 2.71. The molecule has 2 aromatic rings. The molecule has 7 nitrogen and oxygen atoms in total. The summed E-state index contributed by atoms with van der Waals surface area (Å²) in [6.07, 6.45) is 4.74. The van der Waals surface area contributed by atoms with E-state index < -0.39 is 0 Å². The summed E-state index contributed by atoms with van der Waals surface area (Å²) in [5.41, 5.74) is 5.35. The highest BCUT2D eigenvalue weighted by Crippen LogP contribution is 1.90. The molecular formula is C6H9N7. The van der Waals surface area contributed by atoms with Crippen LogP contribution in [0.1, 0.15) is 0 Å². The second kappa shape index (κ2) is 3.21. The third-order valence-corrected chi connectivity index (χ3v) is 1.58. The molecule has 0 bridgehead atoms. The van der Waals surface area contributed by atoms with Crippen LogP contribution in [0.15, 0.2) is 19.0 Å². The molecule has 0 aliphatic heterocycles. The van der Waals surface area contributed by atoms with Crippen LogP contribution in [-0.4, -0.2) is 29.5 Å². The third-order valence-electron chi connectivity index (χ3n) is 1.58. The second-order valence-corrected chi connectivity index (χ2v) is 2.52. The maximum atomic E-state index is 5.35. The molecule has 2 aromatic heterocycles. The van der Waals surface area contributed by atoms with Crippen LogP contribution in [0.25, 0.3) is 0 Å². The lowest BCUT2D eigenvalue weighted by molar-refractivity contribution is 0.499. The predicted octanol–water partition coefficient (Wildman–Crippen LogP) is -0.848. The second-order valence-electron chi connectivity index (χ2n) is 2.52. The number of hydrogen-bond acceptors (Lipinski definition) is 5. The van der Waals surface area contributed by atoms with Crippen LogP contribution < -0.4 is 5.73 Å². The van der Waals surface area contributed by atoms with Crippen molar-refractivity contribution < 1.29 is 0 Å². The quantitative estimate of drug-likeness (QED) is 0.663. The molecular weight excluding hydrogens is 170 g/mol. The van der Waals surface area contributed by atoms with Gasteiger partial charge in [0.15, 0.2) is 0 Å². The van der Waals surface area contributed by atoms with Gasteiger partial charge < -0.3 is 5.73 Å². The van der Waals surface area contributed by atoms with Gasteiger partial charge in [-0.25, -0.2) is 14.6 Å². The Morgan fingerprint density at radius 2 is 2.08 bits per heavy atom. The van der Waals surface area contributed by atoms with E-state index in [1.165, 1.54) is 6.33 Å². The minimum atomic E-state index is 0.290. The molecule has 0 fully saturated rings. The summed E-state index contributed by atoms with van der Waals surface area (Å²) in [4.78, 5) is 7.62. The molecule has 0 spiro atoms. The lowest BCUT2D eigenvalue weighted by Crippen LogP contribution is -2.08. The van der Waals surface area contributed by atoms with Crippen molar-refractivity contribution in [3.8, 4) is 0 Å². The Morgan fingerprint density at radius 1 is 1.23 bits per heavy atom. The number of hydrogen-bond donors (Lipinski definition) is 1. The van der Waals surface area contributed by atoms with Gasteiger partial charge in [-0.3, -0.25) is 4.68 Å². The van der Waals surface area contributed by atoms with Crippen molar-refractivity contribution in [3.05, 3.63) is 19.0 Å². The molecule has 0 amide bonds. The van der Waals surface area contributed by atoms with Crippen LogP contribution in [0.2, 0.25) is 0 Å². The smallest absolute Gasteiger partial charge is 0.239 e. The van der Waals surface area contributed by atoms with Crippen LogP contribution >= 0.6 is 0 Å². The van der Waals surface area contributed by atoms with Gasteiger partial charge in [0.2, 0.25) is 5.95 Å². The summed E-state index contributed by atoms with van der Waals surface area (Å²) in [5.74, 6) is 0.290. The Bertz CT molecular complexity index is 362. The molecule has 0 saturated carbocycles. The molecule has 0 atom stereocenters. The monoisotopic (exact) mass is 179 g/mol. The summed E-state index contributed by atoms with van der Waals surface area (Å²) in [7, 11) is 0. The van der Waals surface area contributed by atoms with E-state index >= 15 is 0 Å². The maximum absolute atomic E-state index is 5.35. The van der Waals surface area contributed by atoms with E-state index in [9.17, 15) is 0 Å². The first-order chi connectivity index (χ1) is 6.34. The van der Waals surface area contributed by atoms with Crippen molar-refractivity contribution in [2.45, 2.75) is 13.1 Å². The van der Waals surface area contributed by atoms with E-state index in [4.69, 9.17) is 5.73 Å². The topological polar surface area (TPSA) is 87.4 Å².